The molecule has 1 N–H and O–H groups in total. The molecule has 1 atom stereocenters. The van der Waals surface area contributed by atoms with Crippen LogP contribution in [0.25, 0.3) is 0 Å². The molecule has 1 aromatic heterocycles. The Bertz CT molecular complexity index is 937. The second-order valence-electron chi connectivity index (χ2n) is 6.58. The van der Waals surface area contributed by atoms with Gasteiger partial charge < -0.3 is 10.1 Å². The molecule has 1 aliphatic rings. The first-order valence-electron chi connectivity index (χ1n) is 8.92. The summed E-state index contributed by atoms with van der Waals surface area (Å²) in [5.41, 5.74) is 0.862. The Hall–Kier alpha value is -2.52. The number of amides is 1. The molecule has 1 amide bonds. The van der Waals surface area contributed by atoms with Gasteiger partial charge in [0, 0.05) is 32.0 Å². The van der Waals surface area contributed by atoms with Crippen molar-refractivity contribution in [3.63, 3.8) is 0 Å². The molecule has 1 fully saturated rings. The molecule has 1 saturated heterocycles. The molecule has 9 heteroatoms. The Morgan fingerprint density at radius 2 is 2.21 bits per heavy atom. The SMILES string of the molecule is COc1ccc(F)cc1S(=O)(=O)N1CCCC(C(=O)NCc2cccnc2)C1. The van der Waals surface area contributed by atoms with Crippen LogP contribution in [-0.2, 0) is 21.4 Å². The number of hydrogen-bond donors (Lipinski definition) is 1. The van der Waals surface area contributed by atoms with Crippen molar-refractivity contribution < 1.29 is 22.3 Å². The fourth-order valence-corrected chi connectivity index (χ4v) is 4.89. The van der Waals surface area contributed by atoms with Gasteiger partial charge in [-0.15, -0.1) is 0 Å². The summed E-state index contributed by atoms with van der Waals surface area (Å²) < 4.78 is 46.0. The van der Waals surface area contributed by atoms with E-state index in [2.05, 4.69) is 10.3 Å². The highest BCUT2D eigenvalue weighted by Crippen LogP contribution is 2.30. The molecule has 0 aliphatic carbocycles. The summed E-state index contributed by atoms with van der Waals surface area (Å²) in [6, 6.07) is 7.00. The lowest BCUT2D eigenvalue weighted by Gasteiger charge is -2.31. The van der Waals surface area contributed by atoms with Gasteiger partial charge in [-0.1, -0.05) is 6.07 Å². The van der Waals surface area contributed by atoms with Crippen molar-refractivity contribution in [3.05, 3.63) is 54.1 Å². The van der Waals surface area contributed by atoms with Crippen molar-refractivity contribution in [2.45, 2.75) is 24.3 Å². The van der Waals surface area contributed by atoms with Gasteiger partial charge in [0.1, 0.15) is 16.5 Å². The quantitative estimate of drug-likeness (QED) is 0.791. The lowest BCUT2D eigenvalue weighted by molar-refractivity contribution is -0.126. The molecular formula is C19H22FN3O4S. The molecule has 28 heavy (non-hydrogen) atoms. The van der Waals surface area contributed by atoms with Gasteiger partial charge in [-0.2, -0.15) is 4.31 Å². The number of carbonyl (C=O) groups excluding carboxylic acids is 1. The molecule has 0 radical (unpaired) electrons. The van der Waals surface area contributed by atoms with E-state index in [-0.39, 0.29) is 29.6 Å². The Labute approximate surface area is 163 Å². The van der Waals surface area contributed by atoms with Gasteiger partial charge in [0.05, 0.1) is 13.0 Å². The van der Waals surface area contributed by atoms with Crippen LogP contribution in [0.5, 0.6) is 5.75 Å². The van der Waals surface area contributed by atoms with E-state index in [1.54, 1.807) is 18.5 Å². The molecule has 2 aromatic rings. The molecule has 3 rings (SSSR count). The molecule has 1 aliphatic heterocycles. The van der Waals surface area contributed by atoms with Crippen molar-refractivity contribution in [2.24, 2.45) is 5.92 Å². The number of carbonyl (C=O) groups is 1. The van der Waals surface area contributed by atoms with Crippen LogP contribution in [0.15, 0.2) is 47.6 Å². The molecule has 7 nitrogen and oxygen atoms in total. The third-order valence-electron chi connectivity index (χ3n) is 4.69. The topological polar surface area (TPSA) is 88.6 Å². The van der Waals surface area contributed by atoms with Gasteiger partial charge in [-0.3, -0.25) is 9.78 Å². The highest BCUT2D eigenvalue weighted by atomic mass is 32.2. The van der Waals surface area contributed by atoms with E-state index >= 15 is 0 Å². The van der Waals surface area contributed by atoms with Crippen LogP contribution in [0.2, 0.25) is 0 Å². The standard InChI is InChI=1S/C19H22FN3O4S/c1-27-17-7-6-16(20)10-18(17)28(25,26)23-9-3-5-15(13-23)19(24)22-12-14-4-2-8-21-11-14/h2,4,6-8,10-11,15H,3,5,9,12-13H2,1H3,(H,22,24). The van der Waals surface area contributed by atoms with E-state index in [0.29, 0.717) is 19.4 Å². The highest BCUT2D eigenvalue weighted by Gasteiger charge is 2.35. The number of aromatic nitrogens is 1. The number of halogens is 1. The fraction of sp³-hybridized carbons (Fsp3) is 0.368. The minimum Gasteiger partial charge on any atom is -0.495 e. The Morgan fingerprint density at radius 3 is 2.93 bits per heavy atom. The summed E-state index contributed by atoms with van der Waals surface area (Å²) in [5.74, 6) is -1.28. The van der Waals surface area contributed by atoms with Gasteiger partial charge in [-0.25, -0.2) is 12.8 Å². The molecular weight excluding hydrogens is 385 g/mol. The van der Waals surface area contributed by atoms with Crippen LogP contribution in [0.3, 0.4) is 0 Å². The van der Waals surface area contributed by atoms with E-state index in [0.717, 1.165) is 17.7 Å². The van der Waals surface area contributed by atoms with Gasteiger partial charge >= 0.3 is 0 Å². The van der Waals surface area contributed by atoms with E-state index in [9.17, 15) is 17.6 Å². The molecule has 0 saturated carbocycles. The van der Waals surface area contributed by atoms with Crippen LogP contribution in [0, 0.1) is 11.7 Å². The summed E-state index contributed by atoms with van der Waals surface area (Å²) in [4.78, 5) is 16.3. The van der Waals surface area contributed by atoms with Crippen molar-refractivity contribution >= 4 is 15.9 Å². The largest absolute Gasteiger partial charge is 0.495 e. The Morgan fingerprint density at radius 1 is 1.39 bits per heavy atom. The van der Waals surface area contributed by atoms with Gasteiger partial charge in [0.25, 0.3) is 0 Å². The maximum Gasteiger partial charge on any atom is 0.246 e. The number of nitrogens with zero attached hydrogens (tertiary/aromatic N) is 2. The van der Waals surface area contributed by atoms with Crippen molar-refractivity contribution in [2.75, 3.05) is 20.2 Å². The first kappa shape index (κ1) is 20.2. The maximum atomic E-state index is 13.6. The minimum absolute atomic E-state index is 0.0425. The summed E-state index contributed by atoms with van der Waals surface area (Å²) in [6.07, 6.45) is 4.44. The maximum absolute atomic E-state index is 13.6. The van der Waals surface area contributed by atoms with Crippen molar-refractivity contribution in [1.29, 1.82) is 0 Å². The normalized spacial score (nSPS) is 17.9. The van der Waals surface area contributed by atoms with Crippen molar-refractivity contribution in [3.8, 4) is 5.75 Å². The lowest BCUT2D eigenvalue weighted by Crippen LogP contribution is -2.45. The lowest BCUT2D eigenvalue weighted by atomic mass is 9.99. The second kappa shape index (κ2) is 8.66. The number of hydrogen-bond acceptors (Lipinski definition) is 5. The van der Waals surface area contributed by atoms with Gasteiger partial charge in [-0.05, 0) is 42.7 Å². The number of ether oxygens (including phenoxy) is 1. The molecule has 0 spiro atoms. The second-order valence-corrected chi connectivity index (χ2v) is 8.48. The molecule has 0 bridgehead atoms. The zero-order valence-electron chi connectivity index (χ0n) is 15.5. The zero-order chi connectivity index (χ0) is 20.1. The number of rotatable bonds is 6. The fourth-order valence-electron chi connectivity index (χ4n) is 3.20. The van der Waals surface area contributed by atoms with Crippen LogP contribution in [0.1, 0.15) is 18.4 Å². The smallest absolute Gasteiger partial charge is 0.246 e. The monoisotopic (exact) mass is 407 g/mol. The molecule has 1 aromatic carbocycles. The number of nitrogens with one attached hydrogen (secondary N) is 1. The van der Waals surface area contributed by atoms with Gasteiger partial charge in [0.2, 0.25) is 15.9 Å². The summed E-state index contributed by atoms with van der Waals surface area (Å²) in [5, 5.41) is 2.83. The van der Waals surface area contributed by atoms with Gasteiger partial charge in [0.15, 0.2) is 0 Å². The van der Waals surface area contributed by atoms with E-state index < -0.39 is 21.8 Å². The third-order valence-corrected chi connectivity index (χ3v) is 6.57. The first-order chi connectivity index (χ1) is 13.4. The van der Waals surface area contributed by atoms with E-state index in [4.69, 9.17) is 4.74 Å². The summed E-state index contributed by atoms with van der Waals surface area (Å²) in [7, 11) is -2.65. The average molecular weight is 407 g/mol. The Kier molecular flexibility index (Phi) is 6.25. The number of pyridine rings is 1. The number of piperidine rings is 1. The predicted octanol–water partition coefficient (Wildman–Crippen LogP) is 1.95. The third kappa shape index (κ3) is 4.48. The number of benzene rings is 1. The minimum atomic E-state index is -3.98. The Balaban J connectivity index is 1.72. The number of sulfonamides is 1. The predicted molar refractivity (Wildman–Crippen MR) is 101 cm³/mol. The average Bonchev–Trinajstić information content (AvgIpc) is 2.72. The summed E-state index contributed by atoms with van der Waals surface area (Å²) >= 11 is 0. The zero-order valence-corrected chi connectivity index (χ0v) is 16.3. The summed E-state index contributed by atoms with van der Waals surface area (Å²) in [6.45, 7) is 0.642. The van der Waals surface area contributed by atoms with Crippen LogP contribution >= 0.6 is 0 Å². The van der Waals surface area contributed by atoms with E-state index in [1.165, 1.54) is 17.5 Å². The first-order valence-corrected chi connectivity index (χ1v) is 10.4. The highest BCUT2D eigenvalue weighted by molar-refractivity contribution is 7.89. The molecule has 2 heterocycles. The van der Waals surface area contributed by atoms with E-state index in [1.807, 2.05) is 6.07 Å². The van der Waals surface area contributed by atoms with Crippen LogP contribution < -0.4 is 10.1 Å². The van der Waals surface area contributed by atoms with Crippen molar-refractivity contribution in [1.82, 2.24) is 14.6 Å². The molecule has 1 unspecified atom stereocenters. The molecule has 150 valence electrons. The van der Waals surface area contributed by atoms with Crippen LogP contribution in [0.4, 0.5) is 4.39 Å². The number of methoxy groups -OCH3 is 1. The van der Waals surface area contributed by atoms with Crippen LogP contribution in [-0.4, -0.2) is 43.8 Å².